The van der Waals surface area contributed by atoms with Crippen molar-refractivity contribution >= 4 is 27.5 Å². The van der Waals surface area contributed by atoms with Gasteiger partial charge >= 0.3 is 0 Å². The lowest BCUT2D eigenvalue weighted by Crippen LogP contribution is -2.29. The first-order valence-electron chi connectivity index (χ1n) is 6.63. The second-order valence-electron chi connectivity index (χ2n) is 4.85. The first-order valence-corrected chi connectivity index (χ1v) is 7.44. The van der Waals surface area contributed by atoms with Gasteiger partial charge < -0.3 is 5.32 Å². The third-order valence-electron chi connectivity index (χ3n) is 3.20. The molecular formula is C14H15N5OS. The molecule has 0 radical (unpaired) electrons. The van der Waals surface area contributed by atoms with E-state index >= 15 is 0 Å². The summed E-state index contributed by atoms with van der Waals surface area (Å²) in [5.41, 5.74) is 1.59. The third-order valence-corrected chi connectivity index (χ3v) is 4.14. The van der Waals surface area contributed by atoms with E-state index in [1.165, 1.54) is 6.33 Å². The number of benzene rings is 1. The molecule has 1 atom stereocenters. The third kappa shape index (κ3) is 2.92. The minimum Gasteiger partial charge on any atom is -0.350 e. The Morgan fingerprint density at radius 3 is 3.10 bits per heavy atom. The Morgan fingerprint density at radius 2 is 2.33 bits per heavy atom. The number of thiazole rings is 1. The van der Waals surface area contributed by atoms with Crippen molar-refractivity contribution in [1.29, 1.82) is 0 Å². The maximum absolute atomic E-state index is 12.2. The lowest BCUT2D eigenvalue weighted by Gasteiger charge is -2.12. The van der Waals surface area contributed by atoms with Crippen LogP contribution in [0.15, 0.2) is 30.9 Å². The van der Waals surface area contributed by atoms with Crippen molar-refractivity contribution < 1.29 is 4.79 Å². The van der Waals surface area contributed by atoms with Gasteiger partial charge in [-0.3, -0.25) is 4.79 Å². The molecule has 21 heavy (non-hydrogen) atoms. The van der Waals surface area contributed by atoms with Crippen LogP contribution in [0.25, 0.3) is 10.2 Å². The van der Waals surface area contributed by atoms with Gasteiger partial charge in [-0.05, 0) is 32.0 Å². The first-order chi connectivity index (χ1) is 10.1. The lowest BCUT2D eigenvalue weighted by molar-refractivity contribution is 0.0948. The molecule has 0 aliphatic heterocycles. The molecule has 2 aromatic heterocycles. The highest BCUT2D eigenvalue weighted by atomic mass is 32.1. The summed E-state index contributed by atoms with van der Waals surface area (Å²) in [6.45, 7) is 4.44. The van der Waals surface area contributed by atoms with Crippen LogP contribution in [-0.4, -0.2) is 32.2 Å². The van der Waals surface area contributed by atoms with Crippen molar-refractivity contribution in [1.82, 2.24) is 25.1 Å². The predicted octanol–water partition coefficient (Wildman–Crippen LogP) is 2.19. The Morgan fingerprint density at radius 1 is 1.48 bits per heavy atom. The van der Waals surface area contributed by atoms with Crippen molar-refractivity contribution in [2.24, 2.45) is 0 Å². The van der Waals surface area contributed by atoms with E-state index in [2.05, 4.69) is 20.4 Å². The molecule has 0 bridgehead atoms. The minimum atomic E-state index is -0.0880. The number of hydrogen-bond acceptors (Lipinski definition) is 5. The normalized spacial score (nSPS) is 12.5. The fourth-order valence-corrected chi connectivity index (χ4v) is 2.93. The van der Waals surface area contributed by atoms with Gasteiger partial charge in [-0.2, -0.15) is 5.10 Å². The number of nitrogens with zero attached hydrogens (tertiary/aromatic N) is 4. The van der Waals surface area contributed by atoms with Gasteiger partial charge in [0, 0.05) is 12.1 Å². The van der Waals surface area contributed by atoms with Crippen LogP contribution in [0.2, 0.25) is 0 Å². The van der Waals surface area contributed by atoms with Gasteiger partial charge in [0.2, 0.25) is 0 Å². The molecule has 6 nitrogen and oxygen atoms in total. The molecule has 1 N–H and O–H groups in total. The number of amides is 1. The average Bonchev–Trinajstić information content (AvgIpc) is 3.11. The number of nitrogens with one attached hydrogen (secondary N) is 1. The van der Waals surface area contributed by atoms with Gasteiger partial charge in [0.15, 0.2) is 0 Å². The zero-order chi connectivity index (χ0) is 14.8. The number of carbonyl (C=O) groups is 1. The van der Waals surface area contributed by atoms with Crippen LogP contribution in [0, 0.1) is 6.92 Å². The molecule has 3 rings (SSSR count). The molecule has 0 spiro atoms. The molecule has 7 heteroatoms. The zero-order valence-corrected chi connectivity index (χ0v) is 12.6. The second kappa shape index (κ2) is 5.61. The molecule has 3 aromatic rings. The van der Waals surface area contributed by atoms with Gasteiger partial charge in [-0.1, -0.05) is 0 Å². The van der Waals surface area contributed by atoms with Crippen LogP contribution in [0.5, 0.6) is 0 Å². The average molecular weight is 301 g/mol. The molecule has 108 valence electrons. The number of aryl methyl sites for hydroxylation is 1. The Labute approximate surface area is 125 Å². The Balaban J connectivity index is 1.69. The maximum Gasteiger partial charge on any atom is 0.251 e. The minimum absolute atomic E-state index is 0.0610. The molecular weight excluding hydrogens is 286 g/mol. The standard InChI is InChI=1S/C14H15N5OS/c1-9(19-8-15-7-17-19)6-16-14(20)11-3-4-12-13(5-11)21-10(2)18-12/h3-5,7-9H,6H2,1-2H3,(H,16,20)/t9-/m0/s1. The van der Waals surface area contributed by atoms with E-state index in [4.69, 9.17) is 0 Å². The van der Waals surface area contributed by atoms with E-state index in [9.17, 15) is 4.79 Å². The highest BCUT2D eigenvalue weighted by molar-refractivity contribution is 7.18. The van der Waals surface area contributed by atoms with E-state index in [-0.39, 0.29) is 11.9 Å². The monoisotopic (exact) mass is 301 g/mol. The van der Waals surface area contributed by atoms with Crippen LogP contribution in [0.4, 0.5) is 0 Å². The van der Waals surface area contributed by atoms with Crippen LogP contribution in [0.3, 0.4) is 0 Å². The van der Waals surface area contributed by atoms with Gasteiger partial charge in [0.1, 0.15) is 12.7 Å². The van der Waals surface area contributed by atoms with Crippen LogP contribution in [0.1, 0.15) is 28.3 Å². The fourth-order valence-electron chi connectivity index (χ4n) is 2.06. The van der Waals surface area contributed by atoms with Crippen LogP contribution in [-0.2, 0) is 0 Å². The summed E-state index contributed by atoms with van der Waals surface area (Å²) in [4.78, 5) is 20.5. The molecule has 2 heterocycles. The summed E-state index contributed by atoms with van der Waals surface area (Å²) in [5.74, 6) is -0.0880. The van der Waals surface area contributed by atoms with Crippen molar-refractivity contribution in [3.05, 3.63) is 41.4 Å². The summed E-state index contributed by atoms with van der Waals surface area (Å²) in [6.07, 6.45) is 3.13. The predicted molar refractivity (Wildman–Crippen MR) is 81.4 cm³/mol. The van der Waals surface area contributed by atoms with E-state index in [1.807, 2.05) is 26.0 Å². The van der Waals surface area contributed by atoms with E-state index in [0.717, 1.165) is 15.2 Å². The molecule has 0 unspecified atom stereocenters. The molecule has 0 aliphatic carbocycles. The lowest BCUT2D eigenvalue weighted by atomic mass is 10.2. The van der Waals surface area contributed by atoms with E-state index < -0.39 is 0 Å². The number of aromatic nitrogens is 4. The molecule has 0 saturated heterocycles. The SMILES string of the molecule is Cc1nc2ccc(C(=O)NC[C@H](C)n3cncn3)cc2s1. The van der Waals surface area contributed by atoms with E-state index in [1.54, 1.807) is 28.4 Å². The quantitative estimate of drug-likeness (QED) is 0.801. The molecule has 0 aliphatic rings. The highest BCUT2D eigenvalue weighted by Gasteiger charge is 2.11. The zero-order valence-electron chi connectivity index (χ0n) is 11.8. The molecule has 0 saturated carbocycles. The summed E-state index contributed by atoms with van der Waals surface area (Å²) >= 11 is 1.59. The van der Waals surface area contributed by atoms with Gasteiger partial charge in [0.25, 0.3) is 5.91 Å². The van der Waals surface area contributed by atoms with Crippen molar-refractivity contribution in [2.75, 3.05) is 6.54 Å². The Bertz CT molecular complexity index is 765. The van der Waals surface area contributed by atoms with Crippen LogP contribution >= 0.6 is 11.3 Å². The number of carbonyl (C=O) groups excluding carboxylic acids is 1. The number of hydrogen-bond donors (Lipinski definition) is 1. The topological polar surface area (TPSA) is 72.7 Å². The second-order valence-corrected chi connectivity index (χ2v) is 6.08. The summed E-state index contributed by atoms with van der Waals surface area (Å²) in [5, 5.41) is 7.98. The van der Waals surface area contributed by atoms with Crippen molar-refractivity contribution in [3.63, 3.8) is 0 Å². The number of rotatable bonds is 4. The number of fused-ring (bicyclic) bond motifs is 1. The van der Waals surface area contributed by atoms with Crippen molar-refractivity contribution in [3.8, 4) is 0 Å². The van der Waals surface area contributed by atoms with Gasteiger partial charge in [0.05, 0.1) is 21.3 Å². The summed E-state index contributed by atoms with van der Waals surface area (Å²) < 4.78 is 2.75. The summed E-state index contributed by atoms with van der Waals surface area (Å²) in [7, 11) is 0. The Hall–Kier alpha value is -2.28. The summed E-state index contributed by atoms with van der Waals surface area (Å²) in [6, 6.07) is 5.63. The van der Waals surface area contributed by atoms with E-state index in [0.29, 0.717) is 12.1 Å². The molecule has 0 fully saturated rings. The molecule has 1 aromatic carbocycles. The maximum atomic E-state index is 12.2. The Kier molecular flexibility index (Phi) is 3.66. The largest absolute Gasteiger partial charge is 0.350 e. The van der Waals surface area contributed by atoms with Crippen LogP contribution < -0.4 is 5.32 Å². The van der Waals surface area contributed by atoms with Gasteiger partial charge in [-0.15, -0.1) is 11.3 Å². The molecule has 1 amide bonds. The van der Waals surface area contributed by atoms with Crippen molar-refractivity contribution in [2.45, 2.75) is 19.9 Å². The highest BCUT2D eigenvalue weighted by Crippen LogP contribution is 2.22. The first kappa shape index (κ1) is 13.7. The smallest absolute Gasteiger partial charge is 0.251 e. The van der Waals surface area contributed by atoms with Gasteiger partial charge in [-0.25, -0.2) is 14.6 Å². The fraction of sp³-hybridized carbons (Fsp3) is 0.286.